The minimum Gasteiger partial charge on any atom is -0.457 e. The second-order valence-corrected chi connectivity index (χ2v) is 8.04. The van der Waals surface area contributed by atoms with Gasteiger partial charge in [-0.15, -0.1) is 0 Å². The van der Waals surface area contributed by atoms with E-state index in [-0.39, 0.29) is 5.91 Å². The highest BCUT2D eigenvalue weighted by Crippen LogP contribution is 2.39. The van der Waals surface area contributed by atoms with Crippen LogP contribution in [-0.2, 0) is 4.79 Å². The summed E-state index contributed by atoms with van der Waals surface area (Å²) in [5.74, 6) is 1.27. The van der Waals surface area contributed by atoms with Crippen LogP contribution in [0.15, 0.2) is 83.8 Å². The van der Waals surface area contributed by atoms with Crippen LogP contribution in [0.4, 0.5) is 5.69 Å². The maximum atomic E-state index is 12.9. The molecule has 138 valence electrons. The molecule has 1 fully saturated rings. The summed E-state index contributed by atoms with van der Waals surface area (Å²) in [4.78, 5) is 14.9. The molecule has 0 saturated carbocycles. The molecule has 0 bridgehead atoms. The predicted octanol–water partition coefficient (Wildman–Crippen LogP) is 6.54. The van der Waals surface area contributed by atoms with Gasteiger partial charge in [0.1, 0.15) is 11.5 Å². The normalized spacial score (nSPS) is 15.3. The zero-order chi connectivity index (χ0) is 19.5. The Hall–Kier alpha value is -2.60. The Labute approximate surface area is 177 Å². The van der Waals surface area contributed by atoms with Crippen LogP contribution in [0.3, 0.4) is 0 Å². The number of carbonyl (C=O) groups is 1. The average Bonchev–Trinajstić information content (AvgIpc) is 2.97. The summed E-state index contributed by atoms with van der Waals surface area (Å²) in [5, 5.41) is 0.485. The van der Waals surface area contributed by atoms with Gasteiger partial charge in [-0.25, -0.2) is 0 Å². The van der Waals surface area contributed by atoms with Crippen molar-refractivity contribution in [1.82, 2.24) is 0 Å². The SMILES string of the molecule is O=C1C(=Cc2cccc(Oc3ccccc3)c2)SC(=S)N1c1ccccc1Cl. The standard InChI is InChI=1S/C22H14ClNO2S2/c23-18-11-4-5-12-19(18)24-21(25)20(28-22(24)27)14-15-7-6-10-17(13-15)26-16-8-2-1-3-9-16/h1-14H. The van der Waals surface area contributed by atoms with Crippen molar-refractivity contribution >= 4 is 57.6 Å². The fourth-order valence-corrected chi connectivity index (χ4v) is 4.26. The number of benzene rings is 3. The van der Waals surface area contributed by atoms with Gasteiger partial charge >= 0.3 is 0 Å². The first kappa shape index (κ1) is 18.7. The maximum absolute atomic E-state index is 12.9. The molecule has 0 radical (unpaired) electrons. The minimum absolute atomic E-state index is 0.183. The highest BCUT2D eigenvalue weighted by molar-refractivity contribution is 8.27. The topological polar surface area (TPSA) is 29.5 Å². The lowest BCUT2D eigenvalue weighted by atomic mass is 10.2. The van der Waals surface area contributed by atoms with E-state index in [2.05, 4.69) is 0 Å². The van der Waals surface area contributed by atoms with Crippen molar-refractivity contribution < 1.29 is 9.53 Å². The molecule has 3 nitrogen and oxygen atoms in total. The lowest BCUT2D eigenvalue weighted by Gasteiger charge is -2.15. The van der Waals surface area contributed by atoms with Crippen molar-refractivity contribution in [2.45, 2.75) is 0 Å². The summed E-state index contributed by atoms with van der Waals surface area (Å²) in [6.07, 6.45) is 1.81. The number of carbonyl (C=O) groups excluding carboxylic acids is 1. The van der Waals surface area contributed by atoms with Crippen LogP contribution in [0.1, 0.15) is 5.56 Å². The van der Waals surface area contributed by atoms with Crippen molar-refractivity contribution in [3.8, 4) is 11.5 Å². The summed E-state index contributed by atoms with van der Waals surface area (Å²) < 4.78 is 6.32. The number of halogens is 1. The van der Waals surface area contributed by atoms with E-state index in [0.717, 1.165) is 11.3 Å². The second kappa shape index (κ2) is 8.19. The molecule has 28 heavy (non-hydrogen) atoms. The molecule has 1 heterocycles. The molecule has 1 aliphatic rings. The highest BCUT2D eigenvalue weighted by Gasteiger charge is 2.34. The van der Waals surface area contributed by atoms with Crippen molar-refractivity contribution in [3.05, 3.63) is 94.4 Å². The molecule has 0 spiro atoms. The maximum Gasteiger partial charge on any atom is 0.270 e. The number of hydrogen-bond donors (Lipinski definition) is 0. The Kier molecular flexibility index (Phi) is 5.48. The lowest BCUT2D eigenvalue weighted by molar-refractivity contribution is -0.113. The average molecular weight is 424 g/mol. The molecule has 6 heteroatoms. The molecule has 4 rings (SSSR count). The first-order chi connectivity index (χ1) is 13.6. The Morgan fingerprint density at radius 1 is 0.929 bits per heavy atom. The third-order valence-corrected chi connectivity index (χ3v) is 5.64. The molecular formula is C22H14ClNO2S2. The molecular weight excluding hydrogens is 410 g/mol. The van der Waals surface area contributed by atoms with Crippen LogP contribution in [0.2, 0.25) is 5.02 Å². The van der Waals surface area contributed by atoms with E-state index in [0.29, 0.717) is 25.7 Å². The third kappa shape index (κ3) is 3.97. The van der Waals surface area contributed by atoms with E-state index < -0.39 is 0 Å². The number of anilines is 1. The smallest absolute Gasteiger partial charge is 0.270 e. The number of hydrogen-bond acceptors (Lipinski definition) is 4. The molecule has 0 unspecified atom stereocenters. The summed E-state index contributed by atoms with van der Waals surface area (Å²) in [6, 6.07) is 24.3. The van der Waals surface area contributed by atoms with Gasteiger partial charge in [-0.2, -0.15) is 0 Å². The van der Waals surface area contributed by atoms with Crippen LogP contribution in [-0.4, -0.2) is 10.2 Å². The molecule has 1 aliphatic heterocycles. The van der Waals surface area contributed by atoms with Gasteiger partial charge in [0.15, 0.2) is 4.32 Å². The van der Waals surface area contributed by atoms with Crippen molar-refractivity contribution in [3.63, 3.8) is 0 Å². The van der Waals surface area contributed by atoms with Gasteiger partial charge in [-0.1, -0.05) is 78.0 Å². The van der Waals surface area contributed by atoms with E-state index in [4.69, 9.17) is 28.6 Å². The van der Waals surface area contributed by atoms with Gasteiger partial charge in [0.25, 0.3) is 5.91 Å². The molecule has 3 aromatic rings. The van der Waals surface area contributed by atoms with Crippen molar-refractivity contribution in [1.29, 1.82) is 0 Å². The minimum atomic E-state index is -0.183. The number of para-hydroxylation sites is 2. The Balaban J connectivity index is 1.60. The molecule has 0 atom stereocenters. The van der Waals surface area contributed by atoms with Crippen LogP contribution in [0, 0.1) is 0 Å². The van der Waals surface area contributed by atoms with Gasteiger partial charge < -0.3 is 4.74 Å². The summed E-state index contributed by atoms with van der Waals surface area (Å²) in [5.41, 5.74) is 1.45. The first-order valence-electron chi connectivity index (χ1n) is 8.47. The van der Waals surface area contributed by atoms with Crippen molar-refractivity contribution in [2.75, 3.05) is 4.90 Å². The molecule has 1 amide bonds. The zero-order valence-corrected chi connectivity index (χ0v) is 16.9. The van der Waals surface area contributed by atoms with E-state index in [1.54, 1.807) is 12.1 Å². The Bertz CT molecular complexity index is 1080. The van der Waals surface area contributed by atoms with Crippen molar-refractivity contribution in [2.24, 2.45) is 0 Å². The Morgan fingerprint density at radius 2 is 1.64 bits per heavy atom. The molecule has 0 aromatic heterocycles. The van der Waals surface area contributed by atoms with Crippen LogP contribution in [0.5, 0.6) is 11.5 Å². The molecule has 0 N–H and O–H groups in total. The number of thiocarbonyl (C=S) groups is 1. The number of thioether (sulfide) groups is 1. The van der Waals surface area contributed by atoms with Crippen LogP contribution < -0.4 is 9.64 Å². The summed E-state index contributed by atoms with van der Waals surface area (Å²) >= 11 is 12.9. The molecule has 3 aromatic carbocycles. The zero-order valence-electron chi connectivity index (χ0n) is 14.5. The largest absolute Gasteiger partial charge is 0.457 e. The second-order valence-electron chi connectivity index (χ2n) is 5.96. The number of amides is 1. The fourth-order valence-electron chi connectivity index (χ4n) is 2.75. The lowest BCUT2D eigenvalue weighted by Crippen LogP contribution is -2.27. The highest BCUT2D eigenvalue weighted by atomic mass is 35.5. The van der Waals surface area contributed by atoms with E-state index >= 15 is 0 Å². The summed E-state index contributed by atoms with van der Waals surface area (Å²) in [6.45, 7) is 0. The molecule has 1 saturated heterocycles. The monoisotopic (exact) mass is 423 g/mol. The van der Waals surface area contributed by atoms with Gasteiger partial charge in [0.2, 0.25) is 0 Å². The quantitative estimate of drug-likeness (QED) is 0.352. The first-order valence-corrected chi connectivity index (χ1v) is 10.1. The predicted molar refractivity (Wildman–Crippen MR) is 120 cm³/mol. The number of ether oxygens (including phenoxy) is 1. The van der Waals surface area contributed by atoms with Crippen LogP contribution >= 0.6 is 35.6 Å². The fraction of sp³-hybridized carbons (Fsp3) is 0. The van der Waals surface area contributed by atoms with Gasteiger partial charge in [-0.3, -0.25) is 9.69 Å². The molecule has 0 aliphatic carbocycles. The third-order valence-electron chi connectivity index (χ3n) is 4.02. The van der Waals surface area contributed by atoms with E-state index in [1.807, 2.05) is 72.8 Å². The summed E-state index contributed by atoms with van der Waals surface area (Å²) in [7, 11) is 0. The van der Waals surface area contributed by atoms with Gasteiger partial charge in [0, 0.05) is 0 Å². The van der Waals surface area contributed by atoms with Crippen LogP contribution in [0.25, 0.3) is 6.08 Å². The van der Waals surface area contributed by atoms with E-state index in [9.17, 15) is 4.79 Å². The number of nitrogens with zero attached hydrogens (tertiary/aromatic N) is 1. The number of rotatable bonds is 4. The van der Waals surface area contributed by atoms with E-state index in [1.165, 1.54) is 16.7 Å². The Morgan fingerprint density at radius 3 is 2.43 bits per heavy atom. The van der Waals surface area contributed by atoms with Gasteiger partial charge in [0.05, 0.1) is 15.6 Å². The van der Waals surface area contributed by atoms with Gasteiger partial charge in [-0.05, 0) is 48.0 Å².